The van der Waals surface area contributed by atoms with Gasteiger partial charge in [-0.15, -0.1) is 0 Å². The van der Waals surface area contributed by atoms with Gasteiger partial charge in [-0.1, -0.05) is 42.5 Å². The lowest BCUT2D eigenvalue weighted by Gasteiger charge is -2.05. The van der Waals surface area contributed by atoms with Crippen LogP contribution in [0.5, 0.6) is 0 Å². The van der Waals surface area contributed by atoms with Gasteiger partial charge in [0.15, 0.2) is 0 Å². The highest BCUT2D eigenvalue weighted by molar-refractivity contribution is 5.77. The molecular weight excluding hydrogens is 236 g/mol. The SMILES string of the molecule is COC(=O)CCc1ccc2c(c1)Cc1ccccc1-2. The van der Waals surface area contributed by atoms with Crippen LogP contribution in [0.3, 0.4) is 0 Å². The van der Waals surface area contributed by atoms with E-state index in [-0.39, 0.29) is 5.97 Å². The van der Waals surface area contributed by atoms with Gasteiger partial charge in [-0.05, 0) is 40.7 Å². The summed E-state index contributed by atoms with van der Waals surface area (Å²) in [6.07, 6.45) is 2.19. The van der Waals surface area contributed by atoms with Crippen molar-refractivity contribution < 1.29 is 9.53 Å². The Morgan fingerprint density at radius 1 is 1.11 bits per heavy atom. The zero-order valence-corrected chi connectivity index (χ0v) is 11.0. The Bertz CT molecular complexity index is 629. The molecule has 2 aromatic rings. The number of ether oxygens (including phenoxy) is 1. The average molecular weight is 252 g/mol. The van der Waals surface area contributed by atoms with E-state index in [9.17, 15) is 4.79 Å². The van der Waals surface area contributed by atoms with Crippen molar-refractivity contribution in [1.29, 1.82) is 0 Å². The van der Waals surface area contributed by atoms with Crippen molar-refractivity contribution in [1.82, 2.24) is 0 Å². The van der Waals surface area contributed by atoms with E-state index >= 15 is 0 Å². The van der Waals surface area contributed by atoms with E-state index in [4.69, 9.17) is 0 Å². The van der Waals surface area contributed by atoms with Crippen molar-refractivity contribution >= 4 is 5.97 Å². The van der Waals surface area contributed by atoms with E-state index in [1.807, 2.05) is 0 Å². The molecule has 1 aliphatic carbocycles. The van der Waals surface area contributed by atoms with Crippen LogP contribution in [0.1, 0.15) is 23.1 Å². The Balaban J connectivity index is 1.83. The van der Waals surface area contributed by atoms with Gasteiger partial charge in [-0.3, -0.25) is 4.79 Å². The first kappa shape index (κ1) is 12.0. The second kappa shape index (κ2) is 4.88. The number of methoxy groups -OCH3 is 1. The van der Waals surface area contributed by atoms with Crippen LogP contribution >= 0.6 is 0 Å². The summed E-state index contributed by atoms with van der Waals surface area (Å²) in [4.78, 5) is 11.2. The highest BCUT2D eigenvalue weighted by Gasteiger charge is 2.17. The lowest BCUT2D eigenvalue weighted by Crippen LogP contribution is -2.02. The summed E-state index contributed by atoms with van der Waals surface area (Å²) in [6.45, 7) is 0. The number of aryl methyl sites for hydroxylation is 1. The molecule has 0 saturated carbocycles. The molecule has 2 nitrogen and oxygen atoms in total. The largest absolute Gasteiger partial charge is 0.469 e. The van der Waals surface area contributed by atoms with E-state index < -0.39 is 0 Å². The zero-order valence-electron chi connectivity index (χ0n) is 11.0. The Morgan fingerprint density at radius 3 is 2.74 bits per heavy atom. The molecule has 1 aliphatic rings. The third-order valence-corrected chi connectivity index (χ3v) is 3.70. The number of benzene rings is 2. The Morgan fingerprint density at radius 2 is 1.89 bits per heavy atom. The van der Waals surface area contributed by atoms with Gasteiger partial charge < -0.3 is 4.74 Å². The summed E-state index contributed by atoms with van der Waals surface area (Å²) in [7, 11) is 1.43. The fourth-order valence-corrected chi connectivity index (χ4v) is 2.70. The van der Waals surface area contributed by atoms with Crippen LogP contribution in [0.2, 0.25) is 0 Å². The number of carbonyl (C=O) groups excluding carboxylic acids is 1. The minimum atomic E-state index is -0.149. The highest BCUT2D eigenvalue weighted by atomic mass is 16.5. The molecule has 2 aromatic carbocycles. The molecule has 0 N–H and O–H groups in total. The molecule has 0 radical (unpaired) electrons. The molecule has 96 valence electrons. The van der Waals surface area contributed by atoms with Crippen LogP contribution in [0.4, 0.5) is 0 Å². The molecule has 0 fully saturated rings. The molecule has 0 atom stereocenters. The molecular formula is C17H16O2. The first-order valence-corrected chi connectivity index (χ1v) is 6.55. The Kier molecular flexibility index (Phi) is 3.08. The van der Waals surface area contributed by atoms with E-state index in [1.165, 1.54) is 34.9 Å². The molecule has 0 aromatic heterocycles. The summed E-state index contributed by atoms with van der Waals surface area (Å²) in [6, 6.07) is 15.0. The molecule has 0 aliphatic heterocycles. The minimum absolute atomic E-state index is 0.149. The fraction of sp³-hybridized carbons (Fsp3) is 0.235. The Hall–Kier alpha value is -2.09. The second-order valence-corrected chi connectivity index (χ2v) is 4.90. The van der Waals surface area contributed by atoms with Gasteiger partial charge in [-0.2, -0.15) is 0 Å². The van der Waals surface area contributed by atoms with Crippen molar-refractivity contribution in [2.45, 2.75) is 19.3 Å². The quantitative estimate of drug-likeness (QED) is 0.668. The van der Waals surface area contributed by atoms with Crippen LogP contribution < -0.4 is 0 Å². The van der Waals surface area contributed by atoms with Gasteiger partial charge in [0, 0.05) is 6.42 Å². The average Bonchev–Trinajstić information content (AvgIpc) is 2.82. The normalized spacial score (nSPS) is 11.8. The van der Waals surface area contributed by atoms with Crippen molar-refractivity contribution in [3.8, 4) is 11.1 Å². The topological polar surface area (TPSA) is 26.3 Å². The summed E-state index contributed by atoms with van der Waals surface area (Å²) >= 11 is 0. The van der Waals surface area contributed by atoms with Gasteiger partial charge in [0.2, 0.25) is 0 Å². The maximum Gasteiger partial charge on any atom is 0.305 e. The van der Waals surface area contributed by atoms with E-state index in [0.29, 0.717) is 6.42 Å². The number of rotatable bonds is 3. The number of hydrogen-bond donors (Lipinski definition) is 0. The van der Waals surface area contributed by atoms with Gasteiger partial charge in [-0.25, -0.2) is 0 Å². The van der Waals surface area contributed by atoms with Crippen LogP contribution in [-0.2, 0) is 22.4 Å². The maximum absolute atomic E-state index is 11.2. The van der Waals surface area contributed by atoms with Gasteiger partial charge >= 0.3 is 5.97 Å². The number of fused-ring (bicyclic) bond motifs is 3. The van der Waals surface area contributed by atoms with Gasteiger partial charge in [0.25, 0.3) is 0 Å². The van der Waals surface area contributed by atoms with Gasteiger partial charge in [0.1, 0.15) is 0 Å². The van der Waals surface area contributed by atoms with Gasteiger partial charge in [0.05, 0.1) is 7.11 Å². The van der Waals surface area contributed by atoms with E-state index in [0.717, 1.165) is 12.8 Å². The Labute approximate surface area is 113 Å². The van der Waals surface area contributed by atoms with Crippen molar-refractivity contribution in [2.75, 3.05) is 7.11 Å². The van der Waals surface area contributed by atoms with Crippen LogP contribution in [0.25, 0.3) is 11.1 Å². The van der Waals surface area contributed by atoms with Crippen LogP contribution in [0.15, 0.2) is 42.5 Å². The number of hydrogen-bond acceptors (Lipinski definition) is 2. The minimum Gasteiger partial charge on any atom is -0.469 e. The number of carbonyl (C=O) groups is 1. The summed E-state index contributed by atoms with van der Waals surface area (Å²) < 4.78 is 4.68. The highest BCUT2D eigenvalue weighted by Crippen LogP contribution is 2.36. The molecule has 0 saturated heterocycles. The smallest absolute Gasteiger partial charge is 0.305 e. The summed E-state index contributed by atoms with van der Waals surface area (Å²) in [5.74, 6) is -0.149. The van der Waals surface area contributed by atoms with Crippen LogP contribution in [0, 0.1) is 0 Å². The second-order valence-electron chi connectivity index (χ2n) is 4.90. The molecule has 19 heavy (non-hydrogen) atoms. The molecule has 0 amide bonds. The van der Waals surface area contributed by atoms with E-state index in [1.54, 1.807) is 0 Å². The number of esters is 1. The van der Waals surface area contributed by atoms with Crippen molar-refractivity contribution in [2.24, 2.45) is 0 Å². The molecule has 0 unspecified atom stereocenters. The first-order valence-electron chi connectivity index (χ1n) is 6.55. The summed E-state index contributed by atoms with van der Waals surface area (Å²) in [5.41, 5.74) is 6.64. The third kappa shape index (κ3) is 2.26. The molecule has 3 rings (SSSR count). The van der Waals surface area contributed by atoms with E-state index in [2.05, 4.69) is 47.2 Å². The summed E-state index contributed by atoms with van der Waals surface area (Å²) in [5, 5.41) is 0. The standard InChI is InChI=1S/C17H16O2/c1-19-17(18)9-7-12-6-8-16-14(10-12)11-13-4-2-3-5-15(13)16/h2-6,8,10H,7,9,11H2,1H3. The van der Waals surface area contributed by atoms with Crippen LogP contribution in [-0.4, -0.2) is 13.1 Å². The van der Waals surface area contributed by atoms with Crippen molar-refractivity contribution in [3.05, 3.63) is 59.2 Å². The first-order chi connectivity index (χ1) is 9.28. The third-order valence-electron chi connectivity index (χ3n) is 3.70. The lowest BCUT2D eigenvalue weighted by atomic mass is 10.0. The monoisotopic (exact) mass is 252 g/mol. The zero-order chi connectivity index (χ0) is 13.2. The predicted molar refractivity (Wildman–Crippen MR) is 75.0 cm³/mol. The maximum atomic E-state index is 11.2. The van der Waals surface area contributed by atoms with Crippen molar-refractivity contribution in [3.63, 3.8) is 0 Å². The lowest BCUT2D eigenvalue weighted by molar-refractivity contribution is -0.140. The molecule has 0 spiro atoms. The molecule has 0 bridgehead atoms. The fourth-order valence-electron chi connectivity index (χ4n) is 2.70. The molecule has 0 heterocycles. The molecule has 2 heteroatoms. The predicted octanol–water partition coefficient (Wildman–Crippen LogP) is 3.36.